The number of aryl methyl sites for hydroxylation is 1. The fourth-order valence-corrected chi connectivity index (χ4v) is 3.65. The van der Waals surface area contributed by atoms with Crippen molar-refractivity contribution in [1.82, 2.24) is 9.55 Å². The van der Waals surface area contributed by atoms with Crippen LogP contribution >= 0.6 is 6.72 Å². The monoisotopic (exact) mass is 380 g/mol. The van der Waals surface area contributed by atoms with Crippen molar-refractivity contribution in [3.05, 3.63) is 32.6 Å². The van der Waals surface area contributed by atoms with E-state index in [4.69, 9.17) is 14.0 Å². The van der Waals surface area contributed by atoms with Crippen molar-refractivity contribution in [1.29, 1.82) is 0 Å². The molecular formula is C12H17N2O8PS. The summed E-state index contributed by atoms with van der Waals surface area (Å²) in [5, 5.41) is 10.7. The molecule has 24 heavy (non-hydrogen) atoms. The Hall–Kier alpha value is -0.910. The molecule has 2 heterocycles. The van der Waals surface area contributed by atoms with E-state index in [0.29, 0.717) is 0 Å². The molecule has 1 aromatic rings. The molecule has 4 N–H and O–H groups in total. The number of aromatic amines is 1. The van der Waals surface area contributed by atoms with Gasteiger partial charge in [-0.15, -0.1) is 0 Å². The van der Waals surface area contributed by atoms with Gasteiger partial charge in [0.1, 0.15) is 17.3 Å². The zero-order chi connectivity index (χ0) is 17.9. The number of fused-ring (bicyclic) bond motifs is 1. The average Bonchev–Trinajstić information content (AvgIpc) is 2.97. The second-order valence-corrected chi connectivity index (χ2v) is 8.67. The Labute approximate surface area is 140 Å². The molecule has 1 aliphatic carbocycles. The lowest BCUT2D eigenvalue weighted by Gasteiger charge is -2.24. The summed E-state index contributed by atoms with van der Waals surface area (Å²) in [6.07, 6.45) is -0.500. The maximum Gasteiger partial charge on any atom is 0.330 e. The van der Waals surface area contributed by atoms with Crippen molar-refractivity contribution < 1.29 is 28.9 Å². The topological polar surface area (TPSA) is 143 Å². The molecule has 3 rings (SSSR count). The van der Waals surface area contributed by atoms with Crippen LogP contribution in [0.1, 0.15) is 18.2 Å². The number of nitrogens with one attached hydrogen (secondary N) is 1. The number of methoxy groups -OCH3 is 1. The smallest absolute Gasteiger partial charge is 0.330 e. The van der Waals surface area contributed by atoms with E-state index in [1.54, 1.807) is 0 Å². The predicted molar refractivity (Wildman–Crippen MR) is 84.0 cm³/mol. The highest BCUT2D eigenvalue weighted by molar-refractivity contribution is 8.06. The van der Waals surface area contributed by atoms with Crippen molar-refractivity contribution in [2.24, 2.45) is 0 Å². The van der Waals surface area contributed by atoms with Gasteiger partial charge in [-0.2, -0.15) is 0 Å². The van der Waals surface area contributed by atoms with E-state index in [1.807, 2.05) is 0 Å². The Morgan fingerprint density at radius 3 is 2.79 bits per heavy atom. The number of aromatic nitrogens is 2. The second kappa shape index (κ2) is 5.55. The van der Waals surface area contributed by atoms with Gasteiger partial charge in [0.05, 0.1) is 6.61 Å². The second-order valence-electron chi connectivity index (χ2n) is 6.00. The van der Waals surface area contributed by atoms with E-state index in [1.165, 1.54) is 20.2 Å². The van der Waals surface area contributed by atoms with E-state index in [2.05, 4.69) is 16.8 Å². The molecule has 0 spiro atoms. The summed E-state index contributed by atoms with van der Waals surface area (Å²) >= 11 is 4.39. The van der Waals surface area contributed by atoms with E-state index < -0.39 is 41.5 Å². The van der Waals surface area contributed by atoms with Crippen LogP contribution in [0.25, 0.3) is 0 Å². The van der Waals surface area contributed by atoms with Crippen LogP contribution in [0.15, 0.2) is 15.8 Å². The summed E-state index contributed by atoms with van der Waals surface area (Å²) in [5.41, 5.74) is -3.69. The highest BCUT2D eigenvalue weighted by atomic mass is 32.5. The number of nitrogens with zero attached hydrogens (tertiary/aromatic N) is 1. The van der Waals surface area contributed by atoms with Crippen LogP contribution in [0.4, 0.5) is 0 Å². The molecule has 2 aliphatic rings. The molecule has 0 radical (unpaired) electrons. The van der Waals surface area contributed by atoms with Gasteiger partial charge in [-0.1, -0.05) is 0 Å². The SMILES string of the molecule is CO[C@H]1[C@H](n2cc(C)c(=O)[nH]c2=O)O[C@@]2(COP(O)(O)=S)C[C@]12O. The molecule has 1 aliphatic heterocycles. The summed E-state index contributed by atoms with van der Waals surface area (Å²) < 4.78 is 17.0. The number of hydrogen-bond donors (Lipinski definition) is 4. The van der Waals surface area contributed by atoms with Crippen LogP contribution in [0.3, 0.4) is 0 Å². The zero-order valence-corrected chi connectivity index (χ0v) is 14.5. The van der Waals surface area contributed by atoms with Gasteiger partial charge in [-0.25, -0.2) is 4.79 Å². The van der Waals surface area contributed by atoms with Gasteiger partial charge in [0.15, 0.2) is 6.23 Å². The minimum atomic E-state index is -3.92. The minimum absolute atomic E-state index is 0.126. The maximum atomic E-state index is 12.1. The lowest BCUT2D eigenvalue weighted by atomic mass is 10.1. The molecule has 1 aromatic heterocycles. The molecule has 0 aromatic carbocycles. The Kier molecular flexibility index (Phi) is 4.14. The molecular weight excluding hydrogens is 363 g/mol. The summed E-state index contributed by atoms with van der Waals surface area (Å²) in [5.74, 6) is 0. The van der Waals surface area contributed by atoms with Gasteiger partial charge in [0.2, 0.25) is 0 Å². The van der Waals surface area contributed by atoms with Gasteiger partial charge in [-0.3, -0.25) is 14.3 Å². The van der Waals surface area contributed by atoms with Crippen LogP contribution in [-0.4, -0.2) is 55.5 Å². The molecule has 4 atom stereocenters. The average molecular weight is 380 g/mol. The highest BCUT2D eigenvalue weighted by Gasteiger charge is 2.80. The van der Waals surface area contributed by atoms with Crippen molar-refractivity contribution in [3.63, 3.8) is 0 Å². The molecule has 12 heteroatoms. The zero-order valence-electron chi connectivity index (χ0n) is 12.8. The number of rotatable bonds is 5. The van der Waals surface area contributed by atoms with E-state index in [-0.39, 0.29) is 18.6 Å². The Morgan fingerprint density at radius 1 is 1.54 bits per heavy atom. The molecule has 0 bridgehead atoms. The van der Waals surface area contributed by atoms with Crippen molar-refractivity contribution in [2.45, 2.75) is 36.9 Å². The van der Waals surface area contributed by atoms with Crippen molar-refractivity contribution in [2.75, 3.05) is 13.7 Å². The first kappa shape index (κ1) is 17.9. The first-order chi connectivity index (χ1) is 11.0. The van der Waals surface area contributed by atoms with Gasteiger partial charge in [-0.05, 0) is 18.7 Å². The first-order valence-corrected chi connectivity index (χ1v) is 9.61. The largest absolute Gasteiger partial charge is 0.384 e. The molecule has 0 amide bonds. The fraction of sp³-hybridized carbons (Fsp3) is 0.667. The van der Waals surface area contributed by atoms with Crippen LogP contribution in [0.2, 0.25) is 0 Å². The first-order valence-electron chi connectivity index (χ1n) is 6.98. The van der Waals surface area contributed by atoms with Crippen LogP contribution in [-0.2, 0) is 25.8 Å². The van der Waals surface area contributed by atoms with Gasteiger partial charge >= 0.3 is 12.4 Å². The minimum Gasteiger partial charge on any atom is -0.384 e. The van der Waals surface area contributed by atoms with Crippen LogP contribution < -0.4 is 11.2 Å². The van der Waals surface area contributed by atoms with Gasteiger partial charge in [0.25, 0.3) is 5.56 Å². The Balaban J connectivity index is 1.94. The van der Waals surface area contributed by atoms with E-state index >= 15 is 0 Å². The molecule has 10 nitrogen and oxygen atoms in total. The lowest BCUT2D eigenvalue weighted by Crippen LogP contribution is -2.41. The lowest BCUT2D eigenvalue weighted by molar-refractivity contribution is -0.104. The predicted octanol–water partition coefficient (Wildman–Crippen LogP) is -1.51. The quantitative estimate of drug-likeness (QED) is 0.448. The number of H-pyrrole nitrogens is 1. The van der Waals surface area contributed by atoms with E-state index in [9.17, 15) is 24.5 Å². The van der Waals surface area contributed by atoms with E-state index in [0.717, 1.165) is 4.57 Å². The normalized spacial score (nSPS) is 35.0. The van der Waals surface area contributed by atoms with Gasteiger partial charge < -0.3 is 28.9 Å². The van der Waals surface area contributed by atoms with Gasteiger partial charge in [0, 0.05) is 25.3 Å². The standard InChI is InChI=1S/C12H17N2O8PS/c1-6-3-14(10(16)13-8(6)15)9-7(20-2)12(17)4-11(12,22-9)5-21-23(18,19)24/h3,7,9,17H,4-5H2,1-2H3,(H,13,15,16)(H2,18,19,24)/t7-,9+,11+,12-/m0/s1. The van der Waals surface area contributed by atoms with Crippen molar-refractivity contribution >= 4 is 18.5 Å². The van der Waals surface area contributed by atoms with Crippen molar-refractivity contribution in [3.8, 4) is 0 Å². The third-order valence-electron chi connectivity index (χ3n) is 4.43. The highest BCUT2D eigenvalue weighted by Crippen LogP contribution is 2.64. The third-order valence-corrected chi connectivity index (χ3v) is 5.22. The maximum absolute atomic E-state index is 12.1. The molecule has 0 unspecified atom stereocenters. The summed E-state index contributed by atoms with van der Waals surface area (Å²) in [6, 6.07) is 0. The Bertz CT molecular complexity index is 833. The third kappa shape index (κ3) is 2.71. The summed E-state index contributed by atoms with van der Waals surface area (Å²) in [4.78, 5) is 44.1. The molecule has 134 valence electrons. The number of hydrogen-bond acceptors (Lipinski definition) is 7. The Morgan fingerprint density at radius 2 is 2.21 bits per heavy atom. The fourth-order valence-electron chi connectivity index (χ4n) is 3.11. The van der Waals surface area contributed by atoms with Crippen LogP contribution in [0, 0.1) is 6.92 Å². The van der Waals surface area contributed by atoms with Crippen LogP contribution in [0.5, 0.6) is 0 Å². The number of aliphatic hydroxyl groups is 1. The summed E-state index contributed by atoms with van der Waals surface area (Å²) in [7, 11) is 1.35. The summed E-state index contributed by atoms with van der Waals surface area (Å²) in [6.45, 7) is -2.76. The molecule has 2 fully saturated rings. The molecule has 1 saturated carbocycles. The number of ether oxygens (including phenoxy) is 2. The molecule has 1 saturated heterocycles.